The predicted molar refractivity (Wildman–Crippen MR) is 105 cm³/mol. The van der Waals surface area contributed by atoms with Crippen LogP contribution in [-0.4, -0.2) is 53.7 Å². The lowest BCUT2D eigenvalue weighted by atomic mass is 9.77. The van der Waals surface area contributed by atoms with E-state index in [1.807, 2.05) is 19.9 Å². The Balaban J connectivity index is 1.38. The number of hydrogen-bond acceptors (Lipinski definition) is 7. The van der Waals surface area contributed by atoms with Crippen LogP contribution in [0.25, 0.3) is 5.78 Å². The monoisotopic (exact) mass is 417 g/mol. The van der Waals surface area contributed by atoms with Gasteiger partial charge >= 0.3 is 6.03 Å². The summed E-state index contributed by atoms with van der Waals surface area (Å²) in [4.78, 5) is 46.0. The number of carbonyl (C=O) groups excluding carboxylic acids is 3. The first-order valence-corrected chi connectivity index (χ1v) is 10.6. The molecule has 2 aromatic rings. The second kappa shape index (κ2) is 7.29. The molecule has 11 heteroatoms. The van der Waals surface area contributed by atoms with Crippen LogP contribution >= 0.6 is 11.8 Å². The minimum absolute atomic E-state index is 0.0317. The average molecular weight is 417 g/mol. The van der Waals surface area contributed by atoms with Crippen LogP contribution in [0.15, 0.2) is 11.2 Å². The maximum absolute atomic E-state index is 12.8. The van der Waals surface area contributed by atoms with Gasteiger partial charge in [-0.2, -0.15) is 9.99 Å². The number of thioether (sulfide) groups is 1. The van der Waals surface area contributed by atoms with Crippen molar-refractivity contribution < 1.29 is 14.4 Å². The third kappa shape index (κ3) is 3.66. The van der Waals surface area contributed by atoms with E-state index in [1.54, 1.807) is 4.52 Å². The van der Waals surface area contributed by atoms with E-state index in [-0.39, 0.29) is 11.7 Å². The Labute approximate surface area is 171 Å². The number of imide groups is 1. The summed E-state index contributed by atoms with van der Waals surface area (Å²) in [5.74, 6) is 0.113. The van der Waals surface area contributed by atoms with Gasteiger partial charge in [0.1, 0.15) is 5.54 Å². The molecule has 0 unspecified atom stereocenters. The molecule has 1 spiro atoms. The molecule has 3 heterocycles. The molecule has 29 heavy (non-hydrogen) atoms. The Bertz CT molecular complexity index is 997. The Morgan fingerprint density at radius 3 is 2.76 bits per heavy atom. The third-order valence-electron chi connectivity index (χ3n) is 5.46. The number of nitrogens with one attached hydrogen (secondary N) is 2. The molecule has 154 valence electrons. The Hall–Kier alpha value is -2.69. The number of urea groups is 1. The molecule has 0 aromatic carbocycles. The van der Waals surface area contributed by atoms with Crippen LogP contribution in [0.2, 0.25) is 0 Å². The van der Waals surface area contributed by atoms with E-state index in [4.69, 9.17) is 0 Å². The molecule has 0 radical (unpaired) electrons. The molecule has 2 aromatic heterocycles. The summed E-state index contributed by atoms with van der Waals surface area (Å²) < 4.78 is 1.61. The van der Waals surface area contributed by atoms with E-state index in [2.05, 4.69) is 32.7 Å². The van der Waals surface area contributed by atoms with Gasteiger partial charge in [-0.1, -0.05) is 18.7 Å². The lowest BCUT2D eigenvalue weighted by Crippen LogP contribution is -2.51. The molecule has 2 fully saturated rings. The van der Waals surface area contributed by atoms with Gasteiger partial charge in [0.05, 0.1) is 5.75 Å². The smallest absolute Gasteiger partial charge is 0.322 e. The van der Waals surface area contributed by atoms with Crippen LogP contribution in [-0.2, 0) is 9.59 Å². The van der Waals surface area contributed by atoms with Crippen molar-refractivity contribution in [2.24, 2.45) is 5.92 Å². The predicted octanol–water partition coefficient (Wildman–Crippen LogP) is 1.37. The highest BCUT2D eigenvalue weighted by atomic mass is 32.2. The van der Waals surface area contributed by atoms with Gasteiger partial charge in [0.15, 0.2) is 0 Å². The molecule has 2 aliphatic rings. The minimum atomic E-state index is -0.881. The van der Waals surface area contributed by atoms with Crippen molar-refractivity contribution >= 4 is 35.4 Å². The molecular formula is C18H23N7O3S. The highest BCUT2D eigenvalue weighted by Gasteiger charge is 2.52. The molecule has 1 saturated carbocycles. The van der Waals surface area contributed by atoms with E-state index in [1.165, 1.54) is 0 Å². The van der Waals surface area contributed by atoms with Crippen molar-refractivity contribution in [3.8, 4) is 0 Å². The van der Waals surface area contributed by atoms with E-state index >= 15 is 0 Å². The number of fused-ring (bicyclic) bond motifs is 1. The maximum atomic E-state index is 12.8. The molecule has 0 bridgehead atoms. The second-order valence-corrected chi connectivity index (χ2v) is 8.75. The number of nitrogens with zero attached hydrogens (tertiary/aromatic N) is 5. The molecule has 0 atom stereocenters. The lowest BCUT2D eigenvalue weighted by molar-refractivity contribution is -0.139. The standard InChI is InChI=1S/C18H23N7O3S/c1-10-4-6-18(7-5-10)14(27)25(17(28)21-18)22-13(26)9-29-16-20-15-19-11(2)8-12(3)24(15)23-16/h8,10H,4-7,9H2,1-3H3,(H,21,28)(H,22,26). The minimum Gasteiger partial charge on any atom is -0.322 e. The van der Waals surface area contributed by atoms with Crippen LogP contribution in [0.3, 0.4) is 0 Å². The van der Waals surface area contributed by atoms with Gasteiger partial charge in [-0.05, 0) is 51.5 Å². The zero-order valence-corrected chi connectivity index (χ0v) is 17.4. The first kappa shape index (κ1) is 19.6. The number of aromatic nitrogens is 4. The van der Waals surface area contributed by atoms with Crippen molar-refractivity contribution in [1.29, 1.82) is 0 Å². The second-order valence-electron chi connectivity index (χ2n) is 7.80. The van der Waals surface area contributed by atoms with Crippen molar-refractivity contribution in [3.63, 3.8) is 0 Å². The summed E-state index contributed by atoms with van der Waals surface area (Å²) in [7, 11) is 0. The number of carbonyl (C=O) groups is 3. The topological polar surface area (TPSA) is 122 Å². The number of hydrogen-bond donors (Lipinski definition) is 2. The zero-order valence-electron chi connectivity index (χ0n) is 16.6. The van der Waals surface area contributed by atoms with Crippen LogP contribution in [0, 0.1) is 19.8 Å². The number of aryl methyl sites for hydroxylation is 2. The van der Waals surface area contributed by atoms with Gasteiger partial charge in [0, 0.05) is 11.4 Å². The van der Waals surface area contributed by atoms with Crippen molar-refractivity contribution in [2.45, 2.75) is 57.1 Å². The first-order chi connectivity index (χ1) is 13.8. The fourth-order valence-corrected chi connectivity index (χ4v) is 4.42. The molecular weight excluding hydrogens is 394 g/mol. The number of amides is 4. The third-order valence-corrected chi connectivity index (χ3v) is 6.29. The average Bonchev–Trinajstić information content (AvgIpc) is 3.17. The quantitative estimate of drug-likeness (QED) is 0.569. The number of rotatable bonds is 4. The summed E-state index contributed by atoms with van der Waals surface area (Å²) in [6.07, 6.45) is 2.93. The summed E-state index contributed by atoms with van der Waals surface area (Å²) in [5, 5.41) is 8.32. The van der Waals surface area contributed by atoms with E-state index in [9.17, 15) is 14.4 Å². The molecule has 1 aliphatic heterocycles. The Morgan fingerprint density at radius 1 is 1.31 bits per heavy atom. The zero-order chi connectivity index (χ0) is 20.8. The highest BCUT2D eigenvalue weighted by Crippen LogP contribution is 2.35. The van der Waals surface area contributed by atoms with Gasteiger partial charge in [-0.3, -0.25) is 15.0 Å². The van der Waals surface area contributed by atoms with Crippen LogP contribution in [0.5, 0.6) is 0 Å². The largest absolute Gasteiger partial charge is 0.344 e. The van der Waals surface area contributed by atoms with Crippen LogP contribution in [0.4, 0.5) is 4.79 Å². The van der Waals surface area contributed by atoms with Crippen LogP contribution < -0.4 is 10.7 Å². The van der Waals surface area contributed by atoms with Crippen molar-refractivity contribution in [2.75, 3.05) is 5.75 Å². The van der Waals surface area contributed by atoms with Crippen molar-refractivity contribution in [3.05, 3.63) is 17.5 Å². The summed E-state index contributed by atoms with van der Waals surface area (Å²) >= 11 is 1.12. The van der Waals surface area contributed by atoms with E-state index in [0.717, 1.165) is 41.0 Å². The fourth-order valence-electron chi connectivity index (χ4n) is 3.81. The van der Waals surface area contributed by atoms with Crippen LogP contribution in [0.1, 0.15) is 44.0 Å². The SMILES string of the molecule is Cc1cc(C)n2nc(SCC(=O)NN3C(=O)NC4(CCC(C)CC4)C3=O)nc2n1. The maximum Gasteiger partial charge on any atom is 0.344 e. The van der Waals surface area contributed by atoms with Crippen molar-refractivity contribution in [1.82, 2.24) is 35.3 Å². The van der Waals surface area contributed by atoms with E-state index < -0.39 is 17.5 Å². The summed E-state index contributed by atoms with van der Waals surface area (Å²) in [6, 6.07) is 1.31. The summed E-state index contributed by atoms with van der Waals surface area (Å²) in [5.41, 5.74) is 3.26. The fraction of sp³-hybridized carbons (Fsp3) is 0.556. The normalized spacial score (nSPS) is 24.4. The molecule has 4 amide bonds. The first-order valence-electron chi connectivity index (χ1n) is 9.57. The molecule has 1 aliphatic carbocycles. The molecule has 1 saturated heterocycles. The number of hydrazine groups is 1. The van der Waals surface area contributed by atoms with E-state index in [0.29, 0.717) is 29.7 Å². The lowest BCUT2D eigenvalue weighted by Gasteiger charge is -2.33. The van der Waals surface area contributed by atoms with Gasteiger partial charge in [0.2, 0.25) is 11.1 Å². The molecule has 10 nitrogen and oxygen atoms in total. The molecule has 2 N–H and O–H groups in total. The van der Waals surface area contributed by atoms with Gasteiger partial charge in [-0.15, -0.1) is 5.10 Å². The Morgan fingerprint density at radius 2 is 2.03 bits per heavy atom. The Kier molecular flexibility index (Phi) is 4.93. The summed E-state index contributed by atoms with van der Waals surface area (Å²) in [6.45, 7) is 5.91. The molecule has 4 rings (SSSR count). The van der Waals surface area contributed by atoms with Gasteiger partial charge < -0.3 is 5.32 Å². The highest BCUT2D eigenvalue weighted by molar-refractivity contribution is 7.99. The van der Waals surface area contributed by atoms with Gasteiger partial charge in [0.25, 0.3) is 11.7 Å². The van der Waals surface area contributed by atoms with Gasteiger partial charge in [-0.25, -0.2) is 14.3 Å².